The normalized spacial score (nSPS) is 22.2. The molecule has 3 N–H and O–H groups in total. The number of aryl methyl sites for hydroxylation is 4. The molecule has 14 heteroatoms. The van der Waals surface area contributed by atoms with Crippen LogP contribution in [-0.4, -0.2) is 94.7 Å². The summed E-state index contributed by atoms with van der Waals surface area (Å²) in [6.45, 7) is 6.16. The molecular weight excluding hydrogens is 928 g/mol. The number of piperidine rings is 4. The van der Waals surface area contributed by atoms with Crippen LogP contribution in [0, 0.1) is 0 Å². The third kappa shape index (κ3) is 11.3. The fraction of sp³-hybridized carbons (Fsp3) is 0.466. The summed E-state index contributed by atoms with van der Waals surface area (Å²) in [5, 5.41) is 8.08. The Morgan fingerprint density at radius 2 is 0.986 bits per heavy atom. The number of amides is 6. The van der Waals surface area contributed by atoms with Gasteiger partial charge in [0.2, 0.25) is 23.6 Å². The van der Waals surface area contributed by atoms with E-state index in [0.717, 1.165) is 87.8 Å². The van der Waals surface area contributed by atoms with Crippen molar-refractivity contribution in [2.45, 2.75) is 146 Å². The summed E-state index contributed by atoms with van der Waals surface area (Å²) in [5.74, 6) is -0.377. The molecule has 2 atom stereocenters. The van der Waals surface area contributed by atoms with E-state index in [1.165, 1.54) is 72.8 Å². The number of nitrogens with zero attached hydrogens (tertiary/aromatic N) is 3. The minimum Gasteiger partial charge on any atom is -0.322 e. The Morgan fingerprint density at radius 3 is 1.50 bits per heavy atom. The highest BCUT2D eigenvalue weighted by molar-refractivity contribution is 6.06. The average Bonchev–Trinajstić information content (AvgIpc) is 3.91. The van der Waals surface area contributed by atoms with E-state index in [-0.39, 0.29) is 60.7 Å². The van der Waals surface area contributed by atoms with Gasteiger partial charge in [-0.3, -0.25) is 49.1 Å². The van der Waals surface area contributed by atoms with Crippen molar-refractivity contribution in [1.82, 2.24) is 30.7 Å². The highest BCUT2D eigenvalue weighted by Gasteiger charge is 2.41. The summed E-state index contributed by atoms with van der Waals surface area (Å²) in [6, 6.07) is 24.4. The molecule has 13 nitrogen and oxygen atoms in total. The number of imide groups is 2. The van der Waals surface area contributed by atoms with Crippen LogP contribution in [-0.2, 0) is 64.5 Å². The number of aldehydes is 1. The van der Waals surface area contributed by atoms with Crippen LogP contribution in [0.15, 0.2) is 72.8 Å². The zero-order valence-corrected chi connectivity index (χ0v) is 42.0. The predicted octanol–water partition coefficient (Wildman–Crippen LogP) is 7.42. The standard InChI is InChI=1S/C29H33N3O3.C18H21N3O3.C11H12O.ClH/c33-27-10-9-26(28(34)30-27)32-18-24-16-23(7-8-25(24)29(32)35)21-11-13-31(14-12-21)17-19-5-6-20-3-1-2-4-22(20)15-19;22-16-4-3-15(17(23)20-16)21-10-13-9-12(1-2-14(13)18(21)24)11-5-7-19-8-6-11;12-8-9-5-6-10-3-1-2-4-11(10)7-9;/h5-8,15-16,21,26H,1-4,9-14,17-18H2,(H,30,33,34);1-2,9,11,15,19H,3-8,10H2,(H,20,22,23);5-8H,1-4H2;1H. The van der Waals surface area contributed by atoms with Crippen LogP contribution >= 0.6 is 12.4 Å². The van der Waals surface area contributed by atoms with Gasteiger partial charge >= 0.3 is 0 Å². The van der Waals surface area contributed by atoms with Crippen LogP contribution in [0.1, 0.15) is 170 Å². The zero-order chi connectivity index (χ0) is 49.0. The fourth-order valence-corrected chi connectivity index (χ4v) is 12.2. The van der Waals surface area contributed by atoms with Crippen molar-refractivity contribution in [2.75, 3.05) is 26.2 Å². The highest BCUT2D eigenvalue weighted by atomic mass is 35.5. The number of benzene rings is 4. The SMILES string of the molecule is Cl.O=C1CCC(N2Cc3cc(C4CCN(Cc5ccc6c(c5)CCCC6)CC4)ccc3C2=O)C(=O)N1.O=C1CCC(N2Cc3cc(C4CCNCC4)ccc3C2=O)C(=O)N1.O=Cc1ccc2c(c1)CCCC2. The first-order valence-electron chi connectivity index (χ1n) is 26.2. The Bertz CT molecular complexity index is 2740. The first-order chi connectivity index (χ1) is 34.6. The first kappa shape index (κ1) is 50.9. The molecule has 0 bridgehead atoms. The fourth-order valence-electron chi connectivity index (χ4n) is 12.2. The molecule has 6 amide bonds. The molecule has 0 saturated carbocycles. The topological polar surface area (TPSA) is 165 Å². The monoisotopic (exact) mass is 994 g/mol. The maximum atomic E-state index is 13.0. The molecule has 0 aromatic heterocycles. The highest BCUT2D eigenvalue weighted by Crippen LogP contribution is 2.36. The van der Waals surface area contributed by atoms with Gasteiger partial charge < -0.3 is 15.1 Å². The third-order valence-corrected chi connectivity index (χ3v) is 16.3. The minimum absolute atomic E-state index is 0. The van der Waals surface area contributed by atoms with Gasteiger partial charge in [-0.05, 0) is 196 Å². The Kier molecular flexibility index (Phi) is 16.1. The number of likely N-dealkylation sites (tertiary alicyclic amines) is 1. The van der Waals surface area contributed by atoms with E-state index in [1.807, 2.05) is 24.3 Å². The van der Waals surface area contributed by atoms with Gasteiger partial charge in [-0.25, -0.2) is 0 Å². The lowest BCUT2D eigenvalue weighted by molar-refractivity contribution is -0.138. The van der Waals surface area contributed by atoms with Crippen LogP contribution in [0.5, 0.6) is 0 Å². The quantitative estimate of drug-likeness (QED) is 0.126. The number of halogens is 1. The zero-order valence-electron chi connectivity index (χ0n) is 41.2. The molecule has 0 spiro atoms. The van der Waals surface area contributed by atoms with Crippen molar-refractivity contribution < 1.29 is 33.6 Å². The van der Waals surface area contributed by atoms with Crippen molar-refractivity contribution in [3.05, 3.63) is 140 Å². The van der Waals surface area contributed by atoms with E-state index in [1.54, 1.807) is 20.9 Å². The largest absolute Gasteiger partial charge is 0.322 e. The van der Waals surface area contributed by atoms with Crippen molar-refractivity contribution in [1.29, 1.82) is 0 Å². The molecule has 6 heterocycles. The lowest BCUT2D eigenvalue weighted by Crippen LogP contribution is -2.52. The van der Waals surface area contributed by atoms with Crippen LogP contribution in [0.4, 0.5) is 0 Å². The lowest BCUT2D eigenvalue weighted by Gasteiger charge is -2.32. The molecule has 0 radical (unpaired) electrons. The second kappa shape index (κ2) is 22.8. The third-order valence-electron chi connectivity index (χ3n) is 16.3. The van der Waals surface area contributed by atoms with Gasteiger partial charge in [0.05, 0.1) is 0 Å². The number of carbonyl (C=O) groups excluding carboxylic acids is 7. The Labute approximate surface area is 428 Å². The number of hydrogen-bond acceptors (Lipinski definition) is 9. The second-order valence-corrected chi connectivity index (χ2v) is 20.9. The number of carbonyl (C=O) groups is 7. The van der Waals surface area contributed by atoms with E-state index >= 15 is 0 Å². The van der Waals surface area contributed by atoms with Crippen molar-refractivity contribution in [3.63, 3.8) is 0 Å². The molecule has 72 heavy (non-hydrogen) atoms. The second-order valence-electron chi connectivity index (χ2n) is 20.9. The molecular formula is C58H67ClN6O7. The summed E-state index contributed by atoms with van der Waals surface area (Å²) in [4.78, 5) is 89.1. The van der Waals surface area contributed by atoms with E-state index in [2.05, 4.69) is 69.4 Å². The molecule has 378 valence electrons. The van der Waals surface area contributed by atoms with E-state index < -0.39 is 12.1 Å². The maximum absolute atomic E-state index is 13.0. The summed E-state index contributed by atoms with van der Waals surface area (Å²) in [6.07, 6.45) is 16.8. The lowest BCUT2D eigenvalue weighted by atomic mass is 9.87. The average molecular weight is 996 g/mol. The van der Waals surface area contributed by atoms with Crippen LogP contribution in [0.3, 0.4) is 0 Å². The molecule has 4 saturated heterocycles. The maximum Gasteiger partial charge on any atom is 0.255 e. The van der Waals surface area contributed by atoms with Gasteiger partial charge in [-0.2, -0.15) is 0 Å². The number of fused-ring (bicyclic) bond motifs is 4. The minimum atomic E-state index is -0.553. The number of nitrogens with one attached hydrogen (secondary N) is 3. The Morgan fingerprint density at radius 1 is 0.500 bits per heavy atom. The molecule has 6 aliphatic heterocycles. The summed E-state index contributed by atoms with van der Waals surface area (Å²) >= 11 is 0. The van der Waals surface area contributed by atoms with Crippen molar-refractivity contribution in [2.24, 2.45) is 0 Å². The smallest absolute Gasteiger partial charge is 0.255 e. The molecule has 4 aromatic rings. The first-order valence-corrected chi connectivity index (χ1v) is 26.2. The molecule has 8 aliphatic rings. The van der Waals surface area contributed by atoms with Gasteiger partial charge in [-0.15, -0.1) is 12.4 Å². The summed E-state index contributed by atoms with van der Waals surface area (Å²) in [7, 11) is 0. The van der Waals surface area contributed by atoms with Gasteiger partial charge in [0.25, 0.3) is 11.8 Å². The van der Waals surface area contributed by atoms with E-state index in [4.69, 9.17) is 0 Å². The van der Waals surface area contributed by atoms with E-state index in [0.29, 0.717) is 48.9 Å². The summed E-state index contributed by atoms with van der Waals surface area (Å²) < 4.78 is 0. The van der Waals surface area contributed by atoms with Crippen molar-refractivity contribution >= 4 is 54.1 Å². The van der Waals surface area contributed by atoms with Crippen LogP contribution in [0.2, 0.25) is 0 Å². The Balaban J connectivity index is 0.000000149. The van der Waals surface area contributed by atoms with Crippen molar-refractivity contribution in [3.8, 4) is 0 Å². The molecule has 2 aliphatic carbocycles. The molecule has 2 unspecified atom stereocenters. The molecule has 12 rings (SSSR count). The molecule has 4 aromatic carbocycles. The van der Waals surface area contributed by atoms with Gasteiger partial charge in [-0.1, -0.05) is 54.6 Å². The van der Waals surface area contributed by atoms with Crippen LogP contribution < -0.4 is 16.0 Å². The van der Waals surface area contributed by atoms with Gasteiger partial charge in [0, 0.05) is 49.2 Å². The Hall–Kier alpha value is -6.02. The number of hydrogen-bond donors (Lipinski definition) is 3. The molecule has 4 fully saturated rings. The predicted molar refractivity (Wildman–Crippen MR) is 276 cm³/mol. The summed E-state index contributed by atoms with van der Waals surface area (Å²) in [5.41, 5.74) is 14.2. The van der Waals surface area contributed by atoms with Gasteiger partial charge in [0.15, 0.2) is 0 Å². The van der Waals surface area contributed by atoms with E-state index in [9.17, 15) is 33.6 Å². The number of rotatable bonds is 7. The van der Waals surface area contributed by atoms with Gasteiger partial charge in [0.1, 0.15) is 18.4 Å². The van der Waals surface area contributed by atoms with Crippen LogP contribution in [0.25, 0.3) is 0 Å².